The average molecular weight is 541 g/mol. The van der Waals surface area contributed by atoms with Crippen LogP contribution in [-0.4, -0.2) is 82.9 Å². The number of hydrogen-bond donors (Lipinski definition) is 5. The van der Waals surface area contributed by atoms with E-state index in [2.05, 4.69) is 15.4 Å². The highest BCUT2D eigenvalue weighted by Gasteiger charge is 2.62. The maximum atomic E-state index is 13.5. The molecule has 206 valence electrons. The lowest BCUT2D eigenvalue weighted by Gasteiger charge is -2.31. The molecule has 0 aromatic heterocycles. The molecular weight excluding hydrogens is 504 g/mol. The number of aliphatic hydroxyl groups excluding tert-OH is 1. The van der Waals surface area contributed by atoms with Crippen molar-refractivity contribution in [2.45, 2.75) is 87.8 Å². The van der Waals surface area contributed by atoms with Crippen LogP contribution in [0.3, 0.4) is 0 Å². The van der Waals surface area contributed by atoms with Crippen molar-refractivity contribution in [3.05, 3.63) is 12.2 Å². The summed E-state index contributed by atoms with van der Waals surface area (Å²) in [5.74, 6) is -2.78. The van der Waals surface area contributed by atoms with Gasteiger partial charge >= 0.3 is 6.09 Å². The summed E-state index contributed by atoms with van der Waals surface area (Å²) in [6, 6.07) is -2.24. The van der Waals surface area contributed by atoms with E-state index in [0.717, 1.165) is 12.8 Å². The van der Waals surface area contributed by atoms with E-state index in [1.165, 1.54) is 4.90 Å². The third-order valence-corrected chi connectivity index (χ3v) is 9.75. The van der Waals surface area contributed by atoms with Crippen LogP contribution in [0.15, 0.2) is 12.2 Å². The Kier molecular flexibility index (Phi) is 7.57. The number of fused-ring (bicyclic) bond motifs is 2. The standard InChI is InChI=1S/C24H36N4O8S/c1-13-4-3-5-14(2)19(25-23(33)34)21(31)28-12-16(29)10-18(28)20(30)26-24(11-15(24)7-6-13)22(32)27-37(35,36)17-8-9-17/h6-7,13-19,25,29H,3-5,8-12H2,1-2H3,(H,26,30)(H,27,32)(H,33,34)/b7-6-/t13?,14-,15-,16-,18+,19+,24-/m1/s1. The Balaban J connectivity index is 1.64. The Morgan fingerprint density at radius 3 is 2.49 bits per heavy atom. The molecule has 2 saturated carbocycles. The molecule has 0 bridgehead atoms. The van der Waals surface area contributed by atoms with Gasteiger partial charge < -0.3 is 25.7 Å². The minimum Gasteiger partial charge on any atom is -0.465 e. The molecule has 2 heterocycles. The van der Waals surface area contributed by atoms with Crippen molar-refractivity contribution >= 4 is 33.8 Å². The van der Waals surface area contributed by atoms with Gasteiger partial charge in [-0.05, 0) is 43.9 Å². The molecule has 0 aromatic rings. The van der Waals surface area contributed by atoms with Crippen LogP contribution in [0, 0.1) is 17.8 Å². The van der Waals surface area contributed by atoms with Gasteiger partial charge in [-0.3, -0.25) is 19.1 Å². The Bertz CT molecular complexity index is 1090. The van der Waals surface area contributed by atoms with Crippen LogP contribution >= 0.6 is 0 Å². The molecule has 4 amide bonds. The van der Waals surface area contributed by atoms with Crippen molar-refractivity contribution in [2.75, 3.05) is 6.54 Å². The molecule has 0 radical (unpaired) electrons. The van der Waals surface area contributed by atoms with E-state index in [-0.39, 0.29) is 31.2 Å². The Hall–Kier alpha value is -2.67. The molecule has 3 fully saturated rings. The molecule has 2 aliphatic heterocycles. The number of allylic oxidation sites excluding steroid dienone is 1. The molecule has 0 spiro atoms. The maximum Gasteiger partial charge on any atom is 0.405 e. The summed E-state index contributed by atoms with van der Waals surface area (Å²) >= 11 is 0. The summed E-state index contributed by atoms with van der Waals surface area (Å²) in [6.45, 7) is 3.61. The zero-order valence-electron chi connectivity index (χ0n) is 21.1. The van der Waals surface area contributed by atoms with Crippen LogP contribution in [0.25, 0.3) is 0 Å². The largest absolute Gasteiger partial charge is 0.465 e. The first-order chi connectivity index (χ1) is 17.3. The topological polar surface area (TPSA) is 182 Å². The second kappa shape index (κ2) is 10.2. The number of sulfonamides is 1. The molecule has 1 saturated heterocycles. The van der Waals surface area contributed by atoms with Crippen LogP contribution < -0.4 is 15.4 Å². The third kappa shape index (κ3) is 5.92. The number of rotatable bonds is 4. The number of hydrogen-bond acceptors (Lipinski definition) is 7. The Morgan fingerprint density at radius 1 is 1.14 bits per heavy atom. The number of carboxylic acid groups (broad SMARTS) is 1. The van der Waals surface area contributed by atoms with Gasteiger partial charge in [0.05, 0.1) is 11.4 Å². The first-order valence-corrected chi connectivity index (χ1v) is 14.4. The highest BCUT2D eigenvalue weighted by Crippen LogP contribution is 2.46. The van der Waals surface area contributed by atoms with Gasteiger partial charge in [0.2, 0.25) is 21.8 Å². The number of carbonyl (C=O) groups excluding carboxylic acids is 3. The second-order valence-electron chi connectivity index (χ2n) is 11.0. The normalized spacial score (nSPS) is 37.8. The van der Waals surface area contributed by atoms with E-state index >= 15 is 0 Å². The van der Waals surface area contributed by atoms with Crippen molar-refractivity contribution in [2.24, 2.45) is 17.8 Å². The van der Waals surface area contributed by atoms with Crippen molar-refractivity contribution in [3.63, 3.8) is 0 Å². The molecule has 12 nitrogen and oxygen atoms in total. The summed E-state index contributed by atoms with van der Waals surface area (Å²) in [6.07, 6.45) is 4.52. The molecular formula is C24H36N4O8S. The van der Waals surface area contributed by atoms with E-state index in [1.807, 2.05) is 19.1 Å². The summed E-state index contributed by atoms with van der Waals surface area (Å²) in [5.41, 5.74) is -1.48. The molecule has 13 heteroatoms. The molecule has 2 aliphatic carbocycles. The lowest BCUT2D eigenvalue weighted by atomic mass is 9.92. The van der Waals surface area contributed by atoms with E-state index in [4.69, 9.17) is 0 Å². The summed E-state index contributed by atoms with van der Waals surface area (Å²) in [4.78, 5) is 52.8. The first-order valence-electron chi connectivity index (χ1n) is 12.9. The van der Waals surface area contributed by atoms with Gasteiger partial charge in [-0.1, -0.05) is 32.4 Å². The van der Waals surface area contributed by atoms with Crippen LogP contribution in [0.2, 0.25) is 0 Å². The Labute approximate surface area is 216 Å². The van der Waals surface area contributed by atoms with Gasteiger partial charge in [0, 0.05) is 18.9 Å². The fourth-order valence-electron chi connectivity index (χ4n) is 5.38. The number of carbonyl (C=O) groups is 4. The van der Waals surface area contributed by atoms with Crippen LogP contribution in [0.1, 0.15) is 58.8 Å². The van der Waals surface area contributed by atoms with E-state index in [9.17, 15) is 37.8 Å². The van der Waals surface area contributed by atoms with Crippen molar-refractivity contribution < 1.29 is 37.8 Å². The third-order valence-electron chi connectivity index (χ3n) is 7.93. The van der Waals surface area contributed by atoms with Gasteiger partial charge in [-0.25, -0.2) is 13.2 Å². The van der Waals surface area contributed by atoms with Gasteiger partial charge in [0.1, 0.15) is 17.6 Å². The predicted octanol–water partition coefficient (Wildman–Crippen LogP) is 0.0800. The first kappa shape index (κ1) is 27.4. The van der Waals surface area contributed by atoms with Gasteiger partial charge in [-0.15, -0.1) is 0 Å². The fourth-order valence-corrected chi connectivity index (χ4v) is 6.74. The zero-order valence-corrected chi connectivity index (χ0v) is 21.9. The molecule has 37 heavy (non-hydrogen) atoms. The average Bonchev–Trinajstić information content (AvgIpc) is 3.72. The van der Waals surface area contributed by atoms with Gasteiger partial charge in [0.15, 0.2) is 0 Å². The minimum atomic E-state index is -3.84. The predicted molar refractivity (Wildman–Crippen MR) is 131 cm³/mol. The lowest BCUT2D eigenvalue weighted by Crippen LogP contribution is -2.59. The van der Waals surface area contributed by atoms with Crippen LogP contribution in [0.5, 0.6) is 0 Å². The summed E-state index contributed by atoms with van der Waals surface area (Å²) in [7, 11) is -3.84. The quantitative estimate of drug-likeness (QED) is 0.311. The molecule has 7 atom stereocenters. The molecule has 1 unspecified atom stereocenters. The fraction of sp³-hybridized carbons (Fsp3) is 0.750. The molecule has 4 rings (SSSR count). The van der Waals surface area contributed by atoms with Crippen LogP contribution in [-0.2, 0) is 24.4 Å². The lowest BCUT2D eigenvalue weighted by molar-refractivity contribution is -0.142. The molecule has 4 aliphatic rings. The molecule has 0 aromatic carbocycles. The highest BCUT2D eigenvalue weighted by atomic mass is 32.2. The number of nitrogens with zero attached hydrogens (tertiary/aromatic N) is 1. The van der Waals surface area contributed by atoms with E-state index in [0.29, 0.717) is 19.3 Å². The number of nitrogens with one attached hydrogen (secondary N) is 3. The number of amides is 4. The van der Waals surface area contributed by atoms with Crippen LogP contribution in [0.4, 0.5) is 4.79 Å². The maximum absolute atomic E-state index is 13.5. The Morgan fingerprint density at radius 2 is 1.84 bits per heavy atom. The second-order valence-corrected chi connectivity index (χ2v) is 13.0. The van der Waals surface area contributed by atoms with Crippen molar-refractivity contribution in [1.82, 2.24) is 20.3 Å². The SMILES string of the molecule is CC1/C=C\[C@@H]2C[C@@]2(C(=O)NS(=O)(=O)C2CC2)NC(=O)[C@@H]2C[C@@H](O)CN2C(=O)[C@@H](NC(=O)O)[C@H](C)CCC1. The van der Waals surface area contributed by atoms with Gasteiger partial charge in [-0.2, -0.15) is 0 Å². The minimum absolute atomic E-state index is 0.0820. The molecule has 5 N–H and O–H groups in total. The highest BCUT2D eigenvalue weighted by molar-refractivity contribution is 7.91. The zero-order chi connectivity index (χ0) is 27.1. The van der Waals surface area contributed by atoms with Crippen molar-refractivity contribution in [1.29, 1.82) is 0 Å². The van der Waals surface area contributed by atoms with Crippen molar-refractivity contribution in [3.8, 4) is 0 Å². The van der Waals surface area contributed by atoms with Gasteiger partial charge in [0.25, 0.3) is 5.91 Å². The number of aliphatic hydroxyl groups is 1. The summed E-state index contributed by atoms with van der Waals surface area (Å²) in [5, 5.41) is 24.0. The van der Waals surface area contributed by atoms with E-state index in [1.54, 1.807) is 6.92 Å². The summed E-state index contributed by atoms with van der Waals surface area (Å²) < 4.78 is 27.1. The van der Waals surface area contributed by atoms with E-state index < -0.39 is 68.7 Å². The monoisotopic (exact) mass is 540 g/mol. The smallest absolute Gasteiger partial charge is 0.405 e.